The smallest absolute Gasteiger partial charge is 0.233 e. The van der Waals surface area contributed by atoms with Gasteiger partial charge in [0.1, 0.15) is 11.5 Å². The molecule has 0 atom stereocenters. The van der Waals surface area contributed by atoms with Gasteiger partial charge in [-0.05, 0) is 25.5 Å². The normalized spacial score (nSPS) is 11.8. The van der Waals surface area contributed by atoms with Crippen LogP contribution in [0.25, 0.3) is 16.6 Å². The van der Waals surface area contributed by atoms with Crippen LogP contribution in [0.3, 0.4) is 0 Å². The molecule has 128 valence electrons. The lowest BCUT2D eigenvalue weighted by molar-refractivity contribution is 0.580. The minimum atomic E-state index is -3.40. The number of nitrogens with one attached hydrogen (secondary N) is 1. The van der Waals surface area contributed by atoms with Crippen molar-refractivity contribution in [2.45, 2.75) is 26.7 Å². The summed E-state index contributed by atoms with van der Waals surface area (Å²) in [7, 11) is -3.40. The van der Waals surface area contributed by atoms with Crippen molar-refractivity contribution < 1.29 is 12.8 Å². The van der Waals surface area contributed by atoms with Gasteiger partial charge in [-0.2, -0.15) is 9.78 Å². The molecule has 0 saturated carbocycles. The molecule has 0 aliphatic rings. The standard InChI is InChI=1S/C15H18N4O3S2/c1-3-4-8-24(20,21)18-14-9-11(2)17-19(14)15-16-12(10-23-15)13-6-5-7-22-13/h5-7,9-10,18H,3-4,8H2,1-2H3. The second-order valence-electron chi connectivity index (χ2n) is 5.35. The van der Waals surface area contributed by atoms with E-state index in [-0.39, 0.29) is 5.75 Å². The van der Waals surface area contributed by atoms with Gasteiger partial charge in [0, 0.05) is 11.4 Å². The third kappa shape index (κ3) is 3.68. The first-order valence-corrected chi connectivity index (χ1v) is 10.1. The van der Waals surface area contributed by atoms with Gasteiger partial charge < -0.3 is 4.42 Å². The molecule has 3 rings (SSSR count). The zero-order valence-corrected chi connectivity index (χ0v) is 15.0. The van der Waals surface area contributed by atoms with E-state index in [4.69, 9.17) is 4.42 Å². The third-order valence-electron chi connectivity index (χ3n) is 3.31. The van der Waals surface area contributed by atoms with Crippen molar-refractivity contribution in [2.75, 3.05) is 10.5 Å². The summed E-state index contributed by atoms with van der Waals surface area (Å²) < 4.78 is 33.8. The van der Waals surface area contributed by atoms with Gasteiger partial charge in [0.2, 0.25) is 15.2 Å². The van der Waals surface area contributed by atoms with E-state index in [1.54, 1.807) is 25.3 Å². The number of thiazole rings is 1. The van der Waals surface area contributed by atoms with Crippen LogP contribution in [0.1, 0.15) is 25.5 Å². The van der Waals surface area contributed by atoms with Gasteiger partial charge in [0.05, 0.1) is 17.7 Å². The van der Waals surface area contributed by atoms with E-state index in [0.29, 0.717) is 34.5 Å². The maximum absolute atomic E-state index is 12.2. The second-order valence-corrected chi connectivity index (χ2v) is 8.03. The number of nitrogens with zero attached hydrogens (tertiary/aromatic N) is 3. The Balaban J connectivity index is 1.90. The number of furan rings is 1. The summed E-state index contributed by atoms with van der Waals surface area (Å²) in [5.74, 6) is 1.14. The molecular weight excluding hydrogens is 348 g/mol. The molecule has 0 spiro atoms. The predicted octanol–water partition coefficient (Wildman–Crippen LogP) is 3.44. The summed E-state index contributed by atoms with van der Waals surface area (Å²) >= 11 is 1.37. The molecule has 24 heavy (non-hydrogen) atoms. The summed E-state index contributed by atoms with van der Waals surface area (Å²) in [6.07, 6.45) is 3.01. The third-order valence-corrected chi connectivity index (χ3v) is 5.47. The monoisotopic (exact) mass is 366 g/mol. The van der Waals surface area contributed by atoms with E-state index in [1.165, 1.54) is 16.0 Å². The number of aromatic nitrogens is 3. The maximum atomic E-state index is 12.2. The number of sulfonamides is 1. The molecule has 0 saturated heterocycles. The largest absolute Gasteiger partial charge is 0.463 e. The molecule has 0 amide bonds. The fourth-order valence-corrected chi connectivity index (χ4v) is 4.17. The molecule has 3 heterocycles. The van der Waals surface area contributed by atoms with E-state index in [9.17, 15) is 8.42 Å². The van der Waals surface area contributed by atoms with Crippen LogP contribution in [0.15, 0.2) is 34.3 Å². The van der Waals surface area contributed by atoms with Crippen LogP contribution in [-0.2, 0) is 10.0 Å². The Morgan fingerprint density at radius 2 is 2.25 bits per heavy atom. The molecule has 1 N–H and O–H groups in total. The molecule has 0 radical (unpaired) electrons. The Morgan fingerprint density at radius 3 is 2.96 bits per heavy atom. The van der Waals surface area contributed by atoms with E-state index in [1.807, 2.05) is 18.4 Å². The Hall–Kier alpha value is -2.13. The topological polar surface area (TPSA) is 90.0 Å². The van der Waals surface area contributed by atoms with Gasteiger partial charge in [0.15, 0.2) is 5.76 Å². The predicted molar refractivity (Wildman–Crippen MR) is 94.0 cm³/mol. The highest BCUT2D eigenvalue weighted by atomic mass is 32.2. The van der Waals surface area contributed by atoms with Crippen molar-refractivity contribution in [3.63, 3.8) is 0 Å². The van der Waals surface area contributed by atoms with Crippen LogP contribution in [-0.4, -0.2) is 28.9 Å². The second kappa shape index (κ2) is 6.78. The number of unbranched alkanes of at least 4 members (excludes halogenated alkanes) is 1. The lowest BCUT2D eigenvalue weighted by atomic mass is 10.4. The van der Waals surface area contributed by atoms with Crippen molar-refractivity contribution >= 4 is 27.2 Å². The maximum Gasteiger partial charge on any atom is 0.233 e. The molecule has 0 unspecified atom stereocenters. The first-order valence-electron chi connectivity index (χ1n) is 7.55. The van der Waals surface area contributed by atoms with Gasteiger partial charge >= 0.3 is 0 Å². The zero-order chi connectivity index (χ0) is 17.2. The van der Waals surface area contributed by atoms with Crippen LogP contribution >= 0.6 is 11.3 Å². The van der Waals surface area contributed by atoms with Crippen LogP contribution in [0.4, 0.5) is 5.82 Å². The van der Waals surface area contributed by atoms with E-state index in [0.717, 1.165) is 6.42 Å². The van der Waals surface area contributed by atoms with Gasteiger partial charge in [-0.1, -0.05) is 13.3 Å². The lowest BCUT2D eigenvalue weighted by Gasteiger charge is -2.08. The van der Waals surface area contributed by atoms with Gasteiger partial charge in [-0.3, -0.25) is 4.72 Å². The lowest BCUT2D eigenvalue weighted by Crippen LogP contribution is -2.18. The minimum absolute atomic E-state index is 0.0865. The molecule has 0 aromatic carbocycles. The van der Waals surface area contributed by atoms with Crippen molar-refractivity contribution in [2.24, 2.45) is 0 Å². The summed E-state index contributed by atoms with van der Waals surface area (Å²) in [4.78, 5) is 4.48. The molecule has 0 bridgehead atoms. The first-order chi connectivity index (χ1) is 11.5. The number of aryl methyl sites for hydroxylation is 1. The molecule has 7 nitrogen and oxygen atoms in total. The summed E-state index contributed by atoms with van der Waals surface area (Å²) in [5, 5.41) is 6.77. The average molecular weight is 366 g/mol. The van der Waals surface area contributed by atoms with Crippen LogP contribution in [0.5, 0.6) is 0 Å². The molecule has 0 aliphatic carbocycles. The fraction of sp³-hybridized carbons (Fsp3) is 0.333. The van der Waals surface area contributed by atoms with E-state index in [2.05, 4.69) is 14.8 Å². The summed E-state index contributed by atoms with van der Waals surface area (Å²) in [6.45, 7) is 3.76. The zero-order valence-electron chi connectivity index (χ0n) is 13.4. The number of anilines is 1. The number of rotatable bonds is 7. The van der Waals surface area contributed by atoms with Crippen LogP contribution in [0, 0.1) is 6.92 Å². The van der Waals surface area contributed by atoms with Crippen molar-refractivity contribution in [1.29, 1.82) is 0 Å². The Morgan fingerprint density at radius 1 is 1.42 bits per heavy atom. The Kier molecular flexibility index (Phi) is 4.72. The highest BCUT2D eigenvalue weighted by molar-refractivity contribution is 7.92. The average Bonchev–Trinajstić information content (AvgIpc) is 3.24. The molecule has 9 heteroatoms. The van der Waals surface area contributed by atoms with E-state index >= 15 is 0 Å². The van der Waals surface area contributed by atoms with Crippen LogP contribution < -0.4 is 4.72 Å². The molecule has 0 aliphatic heterocycles. The first kappa shape index (κ1) is 16.7. The minimum Gasteiger partial charge on any atom is -0.463 e. The highest BCUT2D eigenvalue weighted by Gasteiger charge is 2.17. The van der Waals surface area contributed by atoms with Gasteiger partial charge in [-0.15, -0.1) is 11.3 Å². The van der Waals surface area contributed by atoms with Crippen LogP contribution in [0.2, 0.25) is 0 Å². The van der Waals surface area contributed by atoms with Gasteiger partial charge in [-0.25, -0.2) is 13.4 Å². The molecular formula is C15H18N4O3S2. The molecule has 3 aromatic rings. The Bertz CT molecular complexity index is 911. The molecule has 3 aromatic heterocycles. The summed E-state index contributed by atoms with van der Waals surface area (Å²) in [6, 6.07) is 5.30. The van der Waals surface area contributed by atoms with Crippen molar-refractivity contribution in [3.8, 4) is 16.6 Å². The fourth-order valence-electron chi connectivity index (χ4n) is 2.16. The highest BCUT2D eigenvalue weighted by Crippen LogP contribution is 2.27. The number of hydrogen-bond donors (Lipinski definition) is 1. The van der Waals surface area contributed by atoms with Gasteiger partial charge in [0.25, 0.3) is 0 Å². The number of hydrogen-bond acceptors (Lipinski definition) is 6. The van der Waals surface area contributed by atoms with E-state index < -0.39 is 10.0 Å². The van der Waals surface area contributed by atoms with Crippen molar-refractivity contribution in [1.82, 2.24) is 14.8 Å². The quantitative estimate of drug-likeness (QED) is 0.692. The summed E-state index contributed by atoms with van der Waals surface area (Å²) in [5.41, 5.74) is 1.39. The SMILES string of the molecule is CCCCS(=O)(=O)Nc1cc(C)nn1-c1nc(-c2ccco2)cs1. The Labute approximate surface area is 144 Å². The van der Waals surface area contributed by atoms with Crippen molar-refractivity contribution in [3.05, 3.63) is 35.5 Å². The molecule has 0 fully saturated rings.